The van der Waals surface area contributed by atoms with Gasteiger partial charge in [0.15, 0.2) is 11.5 Å². The summed E-state index contributed by atoms with van der Waals surface area (Å²) in [6.07, 6.45) is 2.96. The molecule has 1 heterocycles. The standard InChI is InChI=1S/C14H13N3O4/c1-8(10-2-3-11(18)13(20)12(10)19)16-17-14(21)9-4-6-15-7-5-9/h2-7,18-20H,1H3,(H,17,21)/b16-8+. The Labute approximate surface area is 120 Å². The second-order valence-corrected chi connectivity index (χ2v) is 4.20. The van der Waals surface area contributed by atoms with E-state index in [1.807, 2.05) is 0 Å². The summed E-state index contributed by atoms with van der Waals surface area (Å²) >= 11 is 0. The van der Waals surface area contributed by atoms with E-state index in [2.05, 4.69) is 15.5 Å². The van der Waals surface area contributed by atoms with Gasteiger partial charge in [-0.3, -0.25) is 9.78 Å². The first kappa shape index (κ1) is 14.3. The molecular weight excluding hydrogens is 274 g/mol. The van der Waals surface area contributed by atoms with Crippen molar-refractivity contribution >= 4 is 11.6 Å². The first-order valence-corrected chi connectivity index (χ1v) is 5.99. The number of nitrogens with one attached hydrogen (secondary N) is 1. The molecule has 1 aromatic heterocycles. The Kier molecular flexibility index (Phi) is 4.03. The number of aromatic nitrogens is 1. The van der Waals surface area contributed by atoms with E-state index in [1.54, 1.807) is 6.92 Å². The lowest BCUT2D eigenvalue weighted by Gasteiger charge is -2.07. The number of aromatic hydroxyl groups is 3. The average Bonchev–Trinajstić information content (AvgIpc) is 2.51. The van der Waals surface area contributed by atoms with Crippen LogP contribution in [0.4, 0.5) is 0 Å². The summed E-state index contributed by atoms with van der Waals surface area (Å²) in [7, 11) is 0. The highest BCUT2D eigenvalue weighted by Gasteiger charge is 2.13. The highest BCUT2D eigenvalue weighted by molar-refractivity contribution is 6.03. The number of carbonyl (C=O) groups excluding carboxylic acids is 1. The zero-order valence-corrected chi connectivity index (χ0v) is 11.1. The van der Waals surface area contributed by atoms with Crippen LogP contribution in [-0.2, 0) is 0 Å². The molecule has 1 amide bonds. The van der Waals surface area contributed by atoms with E-state index >= 15 is 0 Å². The number of amides is 1. The summed E-state index contributed by atoms with van der Waals surface area (Å²) in [5.41, 5.74) is 3.18. The Morgan fingerprint density at radius 2 is 1.76 bits per heavy atom. The van der Waals surface area contributed by atoms with Gasteiger partial charge in [-0.25, -0.2) is 5.43 Å². The third kappa shape index (κ3) is 3.08. The van der Waals surface area contributed by atoms with Crippen molar-refractivity contribution in [3.8, 4) is 17.2 Å². The topological polar surface area (TPSA) is 115 Å². The van der Waals surface area contributed by atoms with Gasteiger partial charge in [0.05, 0.1) is 5.71 Å². The molecule has 0 aliphatic rings. The normalized spacial score (nSPS) is 11.2. The molecule has 0 atom stereocenters. The summed E-state index contributed by atoms with van der Waals surface area (Å²) in [6, 6.07) is 5.66. The summed E-state index contributed by atoms with van der Waals surface area (Å²) in [5.74, 6) is -2.01. The van der Waals surface area contributed by atoms with Gasteiger partial charge in [-0.1, -0.05) is 0 Å². The minimum absolute atomic E-state index is 0.195. The van der Waals surface area contributed by atoms with Crippen LogP contribution in [0.5, 0.6) is 17.2 Å². The Morgan fingerprint density at radius 1 is 1.10 bits per heavy atom. The molecule has 0 radical (unpaired) electrons. The SMILES string of the molecule is C/C(=N\NC(=O)c1ccncc1)c1ccc(O)c(O)c1O. The molecule has 7 nitrogen and oxygen atoms in total. The molecule has 4 N–H and O–H groups in total. The fraction of sp³-hybridized carbons (Fsp3) is 0.0714. The van der Waals surface area contributed by atoms with E-state index in [-0.39, 0.29) is 11.3 Å². The van der Waals surface area contributed by atoms with Crippen molar-refractivity contribution in [3.63, 3.8) is 0 Å². The molecule has 0 aliphatic carbocycles. The molecular formula is C14H13N3O4. The molecule has 0 unspecified atom stereocenters. The van der Waals surface area contributed by atoms with E-state index in [1.165, 1.54) is 36.7 Å². The first-order chi connectivity index (χ1) is 10.0. The van der Waals surface area contributed by atoms with Crippen LogP contribution >= 0.6 is 0 Å². The zero-order chi connectivity index (χ0) is 15.4. The predicted molar refractivity (Wildman–Crippen MR) is 75.4 cm³/mol. The monoisotopic (exact) mass is 287 g/mol. The maximum absolute atomic E-state index is 11.8. The molecule has 0 saturated carbocycles. The van der Waals surface area contributed by atoms with Crippen LogP contribution in [-0.4, -0.2) is 31.9 Å². The van der Waals surface area contributed by atoms with Crippen LogP contribution in [0.25, 0.3) is 0 Å². The summed E-state index contributed by atoms with van der Waals surface area (Å²) < 4.78 is 0. The van der Waals surface area contributed by atoms with E-state index in [0.717, 1.165) is 0 Å². The van der Waals surface area contributed by atoms with Crippen LogP contribution in [0, 0.1) is 0 Å². The van der Waals surface area contributed by atoms with Gasteiger partial charge in [0.2, 0.25) is 5.75 Å². The third-order valence-electron chi connectivity index (χ3n) is 2.79. The quantitative estimate of drug-likeness (QED) is 0.386. The first-order valence-electron chi connectivity index (χ1n) is 5.99. The second-order valence-electron chi connectivity index (χ2n) is 4.20. The molecule has 2 rings (SSSR count). The number of nitrogens with zero attached hydrogens (tertiary/aromatic N) is 2. The molecule has 0 saturated heterocycles. The fourth-order valence-corrected chi connectivity index (χ4v) is 1.62. The zero-order valence-electron chi connectivity index (χ0n) is 11.1. The second kappa shape index (κ2) is 5.91. The average molecular weight is 287 g/mol. The molecule has 0 spiro atoms. The number of phenolic OH excluding ortho intramolecular Hbond substituents is 3. The fourth-order valence-electron chi connectivity index (χ4n) is 1.62. The minimum Gasteiger partial charge on any atom is -0.504 e. The van der Waals surface area contributed by atoms with Gasteiger partial charge in [-0.05, 0) is 31.2 Å². The van der Waals surface area contributed by atoms with Crippen LogP contribution in [0.1, 0.15) is 22.8 Å². The van der Waals surface area contributed by atoms with Crippen molar-refractivity contribution in [2.24, 2.45) is 5.10 Å². The molecule has 1 aromatic carbocycles. The molecule has 21 heavy (non-hydrogen) atoms. The molecule has 0 aliphatic heterocycles. The van der Waals surface area contributed by atoms with Crippen molar-refractivity contribution in [1.29, 1.82) is 0 Å². The number of hydrazone groups is 1. The van der Waals surface area contributed by atoms with Crippen molar-refractivity contribution in [2.75, 3.05) is 0 Å². The van der Waals surface area contributed by atoms with Crippen molar-refractivity contribution in [2.45, 2.75) is 6.92 Å². The van der Waals surface area contributed by atoms with E-state index in [9.17, 15) is 20.1 Å². The Balaban J connectivity index is 2.19. The maximum Gasteiger partial charge on any atom is 0.271 e. The molecule has 2 aromatic rings. The number of phenols is 3. The van der Waals surface area contributed by atoms with Gasteiger partial charge < -0.3 is 15.3 Å². The van der Waals surface area contributed by atoms with Crippen LogP contribution in [0.3, 0.4) is 0 Å². The van der Waals surface area contributed by atoms with Gasteiger partial charge in [0.25, 0.3) is 5.91 Å². The van der Waals surface area contributed by atoms with Crippen molar-refractivity contribution in [3.05, 3.63) is 47.8 Å². The number of rotatable bonds is 3. The minimum atomic E-state index is -0.637. The van der Waals surface area contributed by atoms with Gasteiger partial charge >= 0.3 is 0 Å². The van der Waals surface area contributed by atoms with Crippen LogP contribution in [0.2, 0.25) is 0 Å². The number of hydrogen-bond acceptors (Lipinski definition) is 6. The van der Waals surface area contributed by atoms with E-state index < -0.39 is 23.2 Å². The molecule has 0 fully saturated rings. The lowest BCUT2D eigenvalue weighted by atomic mass is 10.1. The molecule has 7 heteroatoms. The number of carbonyl (C=O) groups is 1. The third-order valence-corrected chi connectivity index (χ3v) is 2.79. The van der Waals surface area contributed by atoms with Crippen LogP contribution in [0.15, 0.2) is 41.8 Å². The summed E-state index contributed by atoms with van der Waals surface area (Å²) in [4.78, 5) is 15.6. The molecule has 0 bridgehead atoms. The number of pyridine rings is 1. The van der Waals surface area contributed by atoms with Gasteiger partial charge in [-0.15, -0.1) is 0 Å². The summed E-state index contributed by atoms with van der Waals surface area (Å²) in [6.45, 7) is 1.54. The Bertz CT molecular complexity index is 699. The van der Waals surface area contributed by atoms with Gasteiger partial charge in [-0.2, -0.15) is 5.10 Å². The van der Waals surface area contributed by atoms with Crippen molar-refractivity contribution in [1.82, 2.24) is 10.4 Å². The smallest absolute Gasteiger partial charge is 0.271 e. The lowest BCUT2D eigenvalue weighted by molar-refractivity contribution is 0.0954. The van der Waals surface area contributed by atoms with Crippen LogP contribution < -0.4 is 5.43 Å². The highest BCUT2D eigenvalue weighted by atomic mass is 16.3. The predicted octanol–water partition coefficient (Wildman–Crippen LogP) is 1.35. The molecule has 108 valence electrons. The summed E-state index contributed by atoms with van der Waals surface area (Å²) in [5, 5.41) is 32.3. The van der Waals surface area contributed by atoms with Crippen molar-refractivity contribution < 1.29 is 20.1 Å². The highest BCUT2D eigenvalue weighted by Crippen LogP contribution is 2.37. The largest absolute Gasteiger partial charge is 0.504 e. The van der Waals surface area contributed by atoms with Gasteiger partial charge in [0.1, 0.15) is 0 Å². The van der Waals surface area contributed by atoms with E-state index in [0.29, 0.717) is 5.56 Å². The Hall–Kier alpha value is -3.09. The van der Waals surface area contributed by atoms with Gasteiger partial charge in [0, 0.05) is 23.5 Å². The Morgan fingerprint density at radius 3 is 2.43 bits per heavy atom. The number of hydrogen-bond donors (Lipinski definition) is 4. The number of benzene rings is 1. The maximum atomic E-state index is 11.8. The van der Waals surface area contributed by atoms with E-state index in [4.69, 9.17) is 0 Å². The lowest BCUT2D eigenvalue weighted by Crippen LogP contribution is -2.19.